The van der Waals surface area contributed by atoms with Crippen molar-refractivity contribution in [2.24, 2.45) is 0 Å². The number of rotatable bonds is 5. The van der Waals surface area contributed by atoms with Gasteiger partial charge in [-0.25, -0.2) is 4.79 Å². The smallest absolute Gasteiger partial charge is 0.349 e. The molecular weight excluding hydrogens is 318 g/mol. The van der Waals surface area contributed by atoms with E-state index in [2.05, 4.69) is 5.32 Å². The van der Waals surface area contributed by atoms with Crippen molar-refractivity contribution in [1.82, 2.24) is 0 Å². The SMILES string of the molecule is CC(=O)Nc1cc(C(=O)COC(=O)c2sccc2C)ccc1O. The number of hydrogen-bond acceptors (Lipinski definition) is 6. The summed E-state index contributed by atoms with van der Waals surface area (Å²) in [4.78, 5) is 35.5. The molecule has 0 bridgehead atoms. The first kappa shape index (κ1) is 16.7. The number of esters is 1. The standard InChI is InChI=1S/C16H15NO5S/c1-9-5-6-23-15(9)16(21)22-8-14(20)11-3-4-13(19)12(7-11)17-10(2)18/h3-7,19H,8H2,1-2H3,(H,17,18). The van der Waals surface area contributed by atoms with Crippen molar-refractivity contribution in [1.29, 1.82) is 0 Å². The molecule has 2 N–H and O–H groups in total. The fourth-order valence-corrected chi connectivity index (χ4v) is 2.68. The van der Waals surface area contributed by atoms with Crippen LogP contribution in [0.5, 0.6) is 5.75 Å². The zero-order valence-corrected chi connectivity index (χ0v) is 13.4. The van der Waals surface area contributed by atoms with Gasteiger partial charge in [0.25, 0.3) is 0 Å². The lowest BCUT2D eigenvalue weighted by atomic mass is 10.1. The normalized spacial score (nSPS) is 10.2. The summed E-state index contributed by atoms with van der Waals surface area (Å²) in [5.74, 6) is -1.50. The molecule has 0 radical (unpaired) electrons. The van der Waals surface area contributed by atoms with Gasteiger partial charge in [-0.1, -0.05) is 0 Å². The minimum Gasteiger partial charge on any atom is -0.506 e. The van der Waals surface area contributed by atoms with Crippen molar-refractivity contribution in [2.45, 2.75) is 13.8 Å². The zero-order valence-electron chi connectivity index (χ0n) is 12.6. The molecule has 0 saturated carbocycles. The Morgan fingerprint density at radius 2 is 2.00 bits per heavy atom. The summed E-state index contributed by atoms with van der Waals surface area (Å²) in [6, 6.07) is 5.82. The fourth-order valence-electron chi connectivity index (χ4n) is 1.86. The second-order valence-electron chi connectivity index (χ2n) is 4.85. The molecule has 0 aliphatic rings. The van der Waals surface area contributed by atoms with Gasteiger partial charge < -0.3 is 15.2 Å². The van der Waals surface area contributed by atoms with Gasteiger partial charge in [-0.15, -0.1) is 11.3 Å². The Hall–Kier alpha value is -2.67. The van der Waals surface area contributed by atoms with Crippen LogP contribution < -0.4 is 5.32 Å². The minimum absolute atomic E-state index is 0.128. The number of Topliss-reactive ketones (excluding diaryl/α,β-unsaturated/α-hetero) is 1. The van der Waals surface area contributed by atoms with E-state index in [4.69, 9.17) is 4.74 Å². The van der Waals surface area contributed by atoms with Gasteiger partial charge >= 0.3 is 5.97 Å². The van der Waals surface area contributed by atoms with Gasteiger partial charge in [-0.3, -0.25) is 9.59 Å². The molecule has 0 aliphatic heterocycles. The maximum absolute atomic E-state index is 12.1. The number of hydrogen-bond donors (Lipinski definition) is 2. The number of amides is 1. The van der Waals surface area contributed by atoms with E-state index in [-0.39, 0.29) is 22.9 Å². The highest BCUT2D eigenvalue weighted by atomic mass is 32.1. The lowest BCUT2D eigenvalue weighted by molar-refractivity contribution is -0.114. The molecule has 2 rings (SSSR count). The highest BCUT2D eigenvalue weighted by Crippen LogP contribution is 2.24. The molecule has 1 aromatic carbocycles. The maximum Gasteiger partial charge on any atom is 0.349 e. The number of benzene rings is 1. The maximum atomic E-state index is 12.1. The summed E-state index contributed by atoms with van der Waals surface area (Å²) in [6.07, 6.45) is 0. The van der Waals surface area contributed by atoms with Gasteiger partial charge in [0.2, 0.25) is 5.91 Å². The summed E-state index contributed by atoms with van der Waals surface area (Å²) in [7, 11) is 0. The van der Waals surface area contributed by atoms with Crippen LogP contribution >= 0.6 is 11.3 Å². The van der Waals surface area contributed by atoms with E-state index in [1.165, 1.54) is 36.5 Å². The largest absolute Gasteiger partial charge is 0.506 e. The van der Waals surface area contributed by atoms with Crippen LogP contribution in [0.15, 0.2) is 29.6 Å². The fraction of sp³-hybridized carbons (Fsp3) is 0.188. The van der Waals surface area contributed by atoms with Gasteiger partial charge in [0.15, 0.2) is 12.4 Å². The van der Waals surface area contributed by atoms with Crippen molar-refractivity contribution in [3.05, 3.63) is 45.6 Å². The second kappa shape index (κ2) is 7.06. The number of thiophene rings is 1. The highest BCUT2D eigenvalue weighted by molar-refractivity contribution is 7.12. The van der Waals surface area contributed by atoms with E-state index in [9.17, 15) is 19.5 Å². The van der Waals surface area contributed by atoms with E-state index in [0.29, 0.717) is 4.88 Å². The summed E-state index contributed by atoms with van der Waals surface area (Å²) in [6.45, 7) is 2.66. The Labute approximate surface area is 136 Å². The van der Waals surface area contributed by atoms with Crippen LogP contribution in [0.1, 0.15) is 32.5 Å². The number of phenolic OH excluding ortho intramolecular Hbond substituents is 1. The Morgan fingerprint density at radius 1 is 1.26 bits per heavy atom. The molecule has 2 aromatic rings. The third-order valence-corrected chi connectivity index (χ3v) is 4.01. The van der Waals surface area contributed by atoms with Crippen molar-refractivity contribution < 1.29 is 24.2 Å². The topological polar surface area (TPSA) is 92.7 Å². The number of aryl methyl sites for hydroxylation is 1. The zero-order chi connectivity index (χ0) is 17.0. The summed E-state index contributed by atoms with van der Waals surface area (Å²) in [5, 5.41) is 13.8. The molecule has 0 unspecified atom stereocenters. The van der Waals surface area contributed by atoms with Crippen molar-refractivity contribution in [3.8, 4) is 5.75 Å². The van der Waals surface area contributed by atoms with E-state index >= 15 is 0 Å². The Kier molecular flexibility index (Phi) is 5.13. The first-order valence-electron chi connectivity index (χ1n) is 6.73. The molecule has 0 spiro atoms. The van der Waals surface area contributed by atoms with Crippen molar-refractivity contribution in [2.75, 3.05) is 11.9 Å². The average molecular weight is 333 g/mol. The molecule has 23 heavy (non-hydrogen) atoms. The third-order valence-electron chi connectivity index (χ3n) is 3.01. The molecule has 1 amide bonds. The Balaban J connectivity index is 2.05. The van der Waals surface area contributed by atoms with Crippen LogP contribution in [-0.2, 0) is 9.53 Å². The second-order valence-corrected chi connectivity index (χ2v) is 5.76. The molecule has 120 valence electrons. The van der Waals surface area contributed by atoms with Crippen LogP contribution in [0.2, 0.25) is 0 Å². The van der Waals surface area contributed by atoms with Gasteiger partial charge in [-0.05, 0) is 42.1 Å². The molecule has 0 aliphatic carbocycles. The number of nitrogens with one attached hydrogen (secondary N) is 1. The number of carbonyl (C=O) groups excluding carboxylic acids is 3. The predicted molar refractivity (Wildman–Crippen MR) is 86.1 cm³/mol. The Morgan fingerprint density at radius 3 is 2.61 bits per heavy atom. The van der Waals surface area contributed by atoms with Gasteiger partial charge in [0.05, 0.1) is 5.69 Å². The third kappa shape index (κ3) is 4.17. The summed E-state index contributed by atoms with van der Waals surface area (Å²) < 4.78 is 5.01. The van der Waals surface area contributed by atoms with E-state index < -0.39 is 18.4 Å². The number of carbonyl (C=O) groups is 3. The number of phenols is 1. The van der Waals surface area contributed by atoms with Crippen LogP contribution in [0.25, 0.3) is 0 Å². The molecule has 0 fully saturated rings. The average Bonchev–Trinajstić information content (AvgIpc) is 2.92. The lowest BCUT2D eigenvalue weighted by Crippen LogP contribution is -2.14. The number of ether oxygens (including phenoxy) is 1. The number of anilines is 1. The van der Waals surface area contributed by atoms with Gasteiger partial charge in [-0.2, -0.15) is 0 Å². The molecule has 1 heterocycles. The predicted octanol–water partition coefficient (Wildman–Crippen LogP) is 2.76. The first-order chi connectivity index (χ1) is 10.9. The molecule has 1 aromatic heterocycles. The van der Waals surface area contributed by atoms with Crippen LogP contribution in [0.4, 0.5) is 5.69 Å². The Bertz CT molecular complexity index is 766. The van der Waals surface area contributed by atoms with Gasteiger partial charge in [0.1, 0.15) is 10.6 Å². The number of ketones is 1. The highest BCUT2D eigenvalue weighted by Gasteiger charge is 2.16. The molecule has 6 nitrogen and oxygen atoms in total. The monoisotopic (exact) mass is 333 g/mol. The molecule has 0 saturated heterocycles. The summed E-state index contributed by atoms with van der Waals surface area (Å²) >= 11 is 1.25. The van der Waals surface area contributed by atoms with Crippen LogP contribution in [0.3, 0.4) is 0 Å². The van der Waals surface area contributed by atoms with Crippen molar-refractivity contribution >= 4 is 34.7 Å². The van der Waals surface area contributed by atoms with Gasteiger partial charge in [0, 0.05) is 12.5 Å². The molecule has 0 atom stereocenters. The quantitative estimate of drug-likeness (QED) is 0.498. The van der Waals surface area contributed by atoms with E-state index in [1.54, 1.807) is 18.4 Å². The molecule has 7 heteroatoms. The van der Waals surface area contributed by atoms with Crippen LogP contribution in [0, 0.1) is 6.92 Å². The number of aromatic hydroxyl groups is 1. The summed E-state index contributed by atoms with van der Waals surface area (Å²) in [5.41, 5.74) is 1.15. The first-order valence-corrected chi connectivity index (χ1v) is 7.61. The van der Waals surface area contributed by atoms with E-state index in [1.807, 2.05) is 0 Å². The molecular formula is C16H15NO5S. The van der Waals surface area contributed by atoms with Crippen LogP contribution in [-0.4, -0.2) is 29.4 Å². The lowest BCUT2D eigenvalue weighted by Gasteiger charge is -2.08. The minimum atomic E-state index is -0.549. The van der Waals surface area contributed by atoms with E-state index in [0.717, 1.165) is 5.56 Å². The van der Waals surface area contributed by atoms with Crippen molar-refractivity contribution in [3.63, 3.8) is 0 Å².